The maximum atomic E-state index is 11.0. The number of hydrogen-bond donors (Lipinski definition) is 1. The molecule has 1 rings (SSSR count). The van der Waals surface area contributed by atoms with Crippen molar-refractivity contribution < 1.29 is 14.6 Å². The van der Waals surface area contributed by atoms with Crippen molar-refractivity contribution in [3.63, 3.8) is 0 Å². The molecule has 0 aliphatic heterocycles. The van der Waals surface area contributed by atoms with Crippen molar-refractivity contribution in [2.45, 2.75) is 13.3 Å². The maximum absolute atomic E-state index is 11.0. The van der Waals surface area contributed by atoms with E-state index in [1.54, 1.807) is 6.07 Å². The smallest absolute Gasteiger partial charge is 0.165 e. The average molecular weight is 259 g/mol. The third kappa shape index (κ3) is 2.26. The van der Waals surface area contributed by atoms with Gasteiger partial charge in [-0.2, -0.15) is 0 Å². The van der Waals surface area contributed by atoms with E-state index in [9.17, 15) is 9.90 Å². The highest BCUT2D eigenvalue weighted by Crippen LogP contribution is 2.35. The second kappa shape index (κ2) is 4.46. The number of benzene rings is 1. The van der Waals surface area contributed by atoms with Gasteiger partial charge in [-0.25, -0.2) is 0 Å². The number of rotatable bonds is 3. The molecule has 0 spiro atoms. The number of hydrogen-bond acceptors (Lipinski definition) is 3. The highest BCUT2D eigenvalue weighted by Gasteiger charge is 2.13. The minimum Gasteiger partial charge on any atom is -0.504 e. The number of halogens is 1. The number of carbonyl (C=O) groups excluding carboxylic acids is 1. The van der Waals surface area contributed by atoms with Gasteiger partial charge in [0.05, 0.1) is 7.11 Å². The fraction of sp³-hybridized carbons (Fsp3) is 0.300. The summed E-state index contributed by atoms with van der Waals surface area (Å²) in [4.78, 5) is 11.0. The molecule has 0 saturated heterocycles. The predicted octanol–water partition coefficient (Wildman–Crippen LogP) is 2.29. The highest BCUT2D eigenvalue weighted by atomic mass is 79.9. The van der Waals surface area contributed by atoms with Crippen molar-refractivity contribution in [2.75, 3.05) is 7.11 Å². The molecule has 0 aliphatic rings. The van der Waals surface area contributed by atoms with Crippen LogP contribution in [0.25, 0.3) is 0 Å². The van der Waals surface area contributed by atoms with E-state index in [2.05, 4.69) is 15.9 Å². The van der Waals surface area contributed by atoms with Gasteiger partial charge in [0.2, 0.25) is 0 Å². The number of methoxy groups -OCH3 is 1. The summed E-state index contributed by atoms with van der Waals surface area (Å²) in [5.41, 5.74) is 0.681. The fourth-order valence-electron chi connectivity index (χ4n) is 1.23. The van der Waals surface area contributed by atoms with Gasteiger partial charge in [-0.15, -0.1) is 0 Å². The third-order valence-electron chi connectivity index (χ3n) is 1.81. The Morgan fingerprint density at radius 2 is 2.21 bits per heavy atom. The van der Waals surface area contributed by atoms with Crippen LogP contribution in [0.1, 0.15) is 12.5 Å². The van der Waals surface area contributed by atoms with Crippen LogP contribution < -0.4 is 4.74 Å². The van der Waals surface area contributed by atoms with Gasteiger partial charge in [0.15, 0.2) is 11.5 Å². The molecule has 0 fully saturated rings. The molecule has 0 aromatic heterocycles. The minimum absolute atomic E-state index is 0.0228. The SMILES string of the molecule is COc1c(O)ccc(Br)c1CC(C)=O. The summed E-state index contributed by atoms with van der Waals surface area (Å²) in [6.45, 7) is 1.50. The maximum Gasteiger partial charge on any atom is 0.165 e. The Morgan fingerprint density at radius 1 is 1.57 bits per heavy atom. The molecule has 4 heteroatoms. The third-order valence-corrected chi connectivity index (χ3v) is 2.56. The summed E-state index contributed by atoms with van der Waals surface area (Å²) >= 11 is 3.31. The minimum atomic E-state index is 0.0228. The van der Waals surface area contributed by atoms with Crippen molar-refractivity contribution in [3.8, 4) is 11.5 Å². The molecule has 76 valence electrons. The summed E-state index contributed by atoms with van der Waals surface area (Å²) in [5, 5.41) is 9.47. The zero-order valence-corrected chi connectivity index (χ0v) is 9.59. The molecule has 0 atom stereocenters. The number of phenolic OH excluding ortho intramolecular Hbond substituents is 1. The van der Waals surface area contributed by atoms with Crippen molar-refractivity contribution in [2.24, 2.45) is 0 Å². The van der Waals surface area contributed by atoms with Crippen LogP contribution in [-0.2, 0) is 11.2 Å². The van der Waals surface area contributed by atoms with Crippen LogP contribution in [-0.4, -0.2) is 18.0 Å². The lowest BCUT2D eigenvalue weighted by Crippen LogP contribution is -2.00. The first kappa shape index (κ1) is 11.0. The molecule has 0 saturated carbocycles. The van der Waals surface area contributed by atoms with E-state index in [1.165, 1.54) is 20.1 Å². The van der Waals surface area contributed by atoms with Crippen LogP contribution >= 0.6 is 15.9 Å². The number of ether oxygens (including phenoxy) is 1. The van der Waals surface area contributed by atoms with Crippen LogP contribution in [0.5, 0.6) is 11.5 Å². The van der Waals surface area contributed by atoms with E-state index < -0.39 is 0 Å². The van der Waals surface area contributed by atoms with E-state index in [-0.39, 0.29) is 18.0 Å². The molecule has 1 aromatic carbocycles. The number of aromatic hydroxyl groups is 1. The molecular formula is C10H11BrO3. The van der Waals surface area contributed by atoms with Crippen LogP contribution in [0.15, 0.2) is 16.6 Å². The van der Waals surface area contributed by atoms with E-state index in [0.717, 1.165) is 4.47 Å². The van der Waals surface area contributed by atoms with E-state index in [0.29, 0.717) is 11.3 Å². The van der Waals surface area contributed by atoms with E-state index >= 15 is 0 Å². The zero-order chi connectivity index (χ0) is 10.7. The van der Waals surface area contributed by atoms with Crippen molar-refractivity contribution in [1.82, 2.24) is 0 Å². The first-order valence-electron chi connectivity index (χ1n) is 4.10. The van der Waals surface area contributed by atoms with Gasteiger partial charge in [-0.3, -0.25) is 4.79 Å². The highest BCUT2D eigenvalue weighted by molar-refractivity contribution is 9.10. The van der Waals surface area contributed by atoms with Crippen LogP contribution in [0.2, 0.25) is 0 Å². The Kier molecular flexibility index (Phi) is 3.52. The van der Waals surface area contributed by atoms with Gasteiger partial charge in [0.1, 0.15) is 5.78 Å². The Balaban J connectivity index is 3.22. The number of phenols is 1. The Morgan fingerprint density at radius 3 is 2.71 bits per heavy atom. The molecule has 1 aromatic rings. The van der Waals surface area contributed by atoms with Gasteiger partial charge in [-0.05, 0) is 19.1 Å². The largest absolute Gasteiger partial charge is 0.504 e. The predicted molar refractivity (Wildman–Crippen MR) is 56.7 cm³/mol. The van der Waals surface area contributed by atoms with Gasteiger partial charge >= 0.3 is 0 Å². The fourth-order valence-corrected chi connectivity index (χ4v) is 1.69. The first-order valence-corrected chi connectivity index (χ1v) is 4.89. The summed E-state index contributed by atoms with van der Waals surface area (Å²) in [5.74, 6) is 0.427. The van der Waals surface area contributed by atoms with Crippen molar-refractivity contribution >= 4 is 21.7 Å². The summed E-state index contributed by atoms with van der Waals surface area (Å²) in [6.07, 6.45) is 0.248. The number of Topliss-reactive ketones (excluding diaryl/α,β-unsaturated/α-hetero) is 1. The van der Waals surface area contributed by atoms with Gasteiger partial charge in [0, 0.05) is 16.5 Å². The molecule has 0 radical (unpaired) electrons. The van der Waals surface area contributed by atoms with Gasteiger partial charge < -0.3 is 9.84 Å². The average Bonchev–Trinajstić information content (AvgIpc) is 2.11. The second-order valence-electron chi connectivity index (χ2n) is 2.96. The lowest BCUT2D eigenvalue weighted by Gasteiger charge is -2.10. The van der Waals surface area contributed by atoms with Crippen LogP contribution in [0.3, 0.4) is 0 Å². The molecule has 14 heavy (non-hydrogen) atoms. The molecular weight excluding hydrogens is 248 g/mol. The molecule has 0 aliphatic carbocycles. The summed E-state index contributed by atoms with van der Waals surface area (Å²) in [6, 6.07) is 3.21. The Labute approximate surface area is 90.8 Å². The lowest BCUT2D eigenvalue weighted by atomic mass is 10.1. The standard InChI is InChI=1S/C10H11BrO3/c1-6(12)5-7-8(11)3-4-9(13)10(7)14-2/h3-4,13H,5H2,1-2H3. The molecule has 0 amide bonds. The summed E-state index contributed by atoms with van der Waals surface area (Å²) in [7, 11) is 1.46. The van der Waals surface area contributed by atoms with Crippen molar-refractivity contribution in [1.29, 1.82) is 0 Å². The molecule has 0 unspecified atom stereocenters. The second-order valence-corrected chi connectivity index (χ2v) is 3.81. The van der Waals surface area contributed by atoms with E-state index in [4.69, 9.17) is 4.74 Å². The Bertz CT molecular complexity index is 361. The number of ketones is 1. The number of carbonyl (C=O) groups is 1. The van der Waals surface area contributed by atoms with E-state index in [1.807, 2.05) is 0 Å². The molecule has 0 bridgehead atoms. The quantitative estimate of drug-likeness (QED) is 0.905. The topological polar surface area (TPSA) is 46.5 Å². The normalized spacial score (nSPS) is 9.93. The zero-order valence-electron chi connectivity index (χ0n) is 8.00. The lowest BCUT2D eigenvalue weighted by molar-refractivity contribution is -0.116. The van der Waals surface area contributed by atoms with Gasteiger partial charge in [-0.1, -0.05) is 15.9 Å². The molecule has 0 heterocycles. The monoisotopic (exact) mass is 258 g/mol. The van der Waals surface area contributed by atoms with Crippen LogP contribution in [0, 0.1) is 0 Å². The van der Waals surface area contributed by atoms with Crippen molar-refractivity contribution in [3.05, 3.63) is 22.2 Å². The summed E-state index contributed by atoms with van der Waals surface area (Å²) < 4.78 is 5.79. The molecule has 1 N–H and O–H groups in total. The Hall–Kier alpha value is -1.03. The molecule has 3 nitrogen and oxygen atoms in total. The van der Waals surface area contributed by atoms with Crippen LogP contribution in [0.4, 0.5) is 0 Å². The van der Waals surface area contributed by atoms with Gasteiger partial charge in [0.25, 0.3) is 0 Å². The first-order chi connectivity index (χ1) is 6.56.